The highest BCUT2D eigenvalue weighted by Gasteiger charge is 2.43. The molecule has 23 heavy (non-hydrogen) atoms. The van der Waals surface area contributed by atoms with E-state index >= 15 is 0 Å². The number of rotatable bonds is 3. The highest BCUT2D eigenvalue weighted by molar-refractivity contribution is 7.89. The Morgan fingerprint density at radius 1 is 1.13 bits per heavy atom. The summed E-state index contributed by atoms with van der Waals surface area (Å²) in [6.07, 6.45) is 11.2. The van der Waals surface area contributed by atoms with Crippen LogP contribution in [0, 0.1) is 5.92 Å². The minimum absolute atomic E-state index is 0.114. The second-order valence-corrected chi connectivity index (χ2v) is 8.01. The molecule has 2 aliphatic carbocycles. The Kier molecular flexibility index (Phi) is 3.34. The number of methoxy groups -OCH3 is 1. The minimum Gasteiger partial charge on any atom is -0.497 e. The van der Waals surface area contributed by atoms with E-state index in [1.54, 1.807) is 35.7 Å². The van der Waals surface area contributed by atoms with Gasteiger partial charge in [-0.05, 0) is 49.1 Å². The van der Waals surface area contributed by atoms with Crippen LogP contribution in [0.15, 0.2) is 64.7 Å². The number of allylic oxidation sites excluding steroid dienone is 2. The Balaban J connectivity index is 1.73. The van der Waals surface area contributed by atoms with E-state index in [0.29, 0.717) is 10.6 Å². The summed E-state index contributed by atoms with van der Waals surface area (Å²) in [5, 5.41) is 0. The van der Waals surface area contributed by atoms with Crippen molar-refractivity contribution in [3.8, 4) is 5.75 Å². The van der Waals surface area contributed by atoms with Crippen LogP contribution in [0.1, 0.15) is 19.3 Å². The summed E-state index contributed by atoms with van der Waals surface area (Å²) >= 11 is 0. The van der Waals surface area contributed by atoms with Crippen molar-refractivity contribution in [2.24, 2.45) is 5.92 Å². The van der Waals surface area contributed by atoms with Crippen molar-refractivity contribution >= 4 is 10.0 Å². The molecule has 3 aliphatic rings. The number of ether oxygens (including phenoxy) is 1. The molecule has 0 spiro atoms. The first kappa shape index (κ1) is 14.6. The average molecular weight is 329 g/mol. The Morgan fingerprint density at radius 2 is 1.87 bits per heavy atom. The van der Waals surface area contributed by atoms with Gasteiger partial charge >= 0.3 is 0 Å². The maximum Gasteiger partial charge on any atom is 0.264 e. The molecule has 2 atom stereocenters. The molecule has 120 valence electrons. The summed E-state index contributed by atoms with van der Waals surface area (Å²) in [4.78, 5) is 0.304. The fraction of sp³-hybridized carbons (Fsp3) is 0.333. The zero-order valence-corrected chi connectivity index (χ0v) is 13.8. The highest BCUT2D eigenvalue weighted by atomic mass is 32.2. The van der Waals surface area contributed by atoms with Gasteiger partial charge in [-0.1, -0.05) is 23.8 Å². The maximum atomic E-state index is 13.1. The Bertz CT molecular complexity index is 818. The van der Waals surface area contributed by atoms with Crippen molar-refractivity contribution in [2.75, 3.05) is 7.11 Å². The van der Waals surface area contributed by atoms with Crippen molar-refractivity contribution in [1.29, 1.82) is 0 Å². The molecule has 0 unspecified atom stereocenters. The lowest BCUT2D eigenvalue weighted by molar-refractivity contribution is 0.411. The summed E-state index contributed by atoms with van der Waals surface area (Å²) < 4.78 is 32.8. The molecule has 0 bridgehead atoms. The van der Waals surface area contributed by atoms with Gasteiger partial charge in [0, 0.05) is 12.1 Å². The molecule has 1 aromatic rings. The molecule has 1 heterocycles. The van der Waals surface area contributed by atoms with E-state index in [4.69, 9.17) is 4.74 Å². The third-order valence-corrected chi connectivity index (χ3v) is 6.68. The fourth-order valence-electron chi connectivity index (χ4n) is 3.80. The van der Waals surface area contributed by atoms with E-state index in [1.165, 1.54) is 11.1 Å². The first-order chi connectivity index (χ1) is 11.1. The third-order valence-electron chi connectivity index (χ3n) is 4.91. The number of sulfonamides is 1. The van der Waals surface area contributed by atoms with E-state index in [1.807, 2.05) is 18.4 Å². The lowest BCUT2D eigenvalue weighted by atomic mass is 9.76. The third kappa shape index (κ3) is 2.22. The van der Waals surface area contributed by atoms with E-state index in [2.05, 4.69) is 6.08 Å². The Morgan fingerprint density at radius 3 is 2.61 bits per heavy atom. The normalized spacial score (nSPS) is 25.7. The van der Waals surface area contributed by atoms with Crippen LogP contribution in [0.5, 0.6) is 5.75 Å². The smallest absolute Gasteiger partial charge is 0.264 e. The molecule has 0 amide bonds. The Hall–Kier alpha value is -2.01. The van der Waals surface area contributed by atoms with Crippen molar-refractivity contribution in [2.45, 2.75) is 30.2 Å². The van der Waals surface area contributed by atoms with E-state index in [9.17, 15) is 8.42 Å². The first-order valence-electron chi connectivity index (χ1n) is 7.87. The van der Waals surface area contributed by atoms with Crippen molar-refractivity contribution < 1.29 is 13.2 Å². The van der Waals surface area contributed by atoms with Crippen LogP contribution in [-0.4, -0.2) is 25.9 Å². The van der Waals surface area contributed by atoms with Gasteiger partial charge in [0.1, 0.15) is 5.75 Å². The van der Waals surface area contributed by atoms with E-state index < -0.39 is 10.0 Å². The molecule has 1 aromatic carbocycles. The second kappa shape index (κ2) is 5.27. The van der Waals surface area contributed by atoms with Gasteiger partial charge in [0.2, 0.25) is 0 Å². The van der Waals surface area contributed by atoms with Crippen molar-refractivity contribution in [3.05, 3.63) is 59.8 Å². The van der Waals surface area contributed by atoms with Crippen LogP contribution in [0.3, 0.4) is 0 Å². The molecule has 1 fully saturated rings. The fourth-order valence-corrected chi connectivity index (χ4v) is 5.31. The van der Waals surface area contributed by atoms with Crippen LogP contribution < -0.4 is 4.74 Å². The molecule has 4 rings (SSSR count). The molecular formula is C18H19NO3S. The van der Waals surface area contributed by atoms with Gasteiger partial charge in [-0.2, -0.15) is 0 Å². The summed E-state index contributed by atoms with van der Waals surface area (Å²) in [7, 11) is -1.98. The SMILES string of the molecule is COc1ccc(S(=O)(=O)N2C=C3CCCC4=CC=C[C@H]2[C@@H]43)cc1. The molecular weight excluding hydrogens is 310 g/mol. The highest BCUT2D eigenvalue weighted by Crippen LogP contribution is 2.46. The summed E-state index contributed by atoms with van der Waals surface area (Å²) in [6, 6.07) is 6.48. The maximum absolute atomic E-state index is 13.1. The van der Waals surface area contributed by atoms with Crippen molar-refractivity contribution in [1.82, 2.24) is 4.31 Å². The van der Waals surface area contributed by atoms with Gasteiger partial charge in [-0.15, -0.1) is 0 Å². The number of benzene rings is 1. The molecule has 4 nitrogen and oxygen atoms in total. The summed E-state index contributed by atoms with van der Waals surface area (Å²) in [5.74, 6) is 0.891. The minimum atomic E-state index is -3.55. The van der Waals surface area contributed by atoms with Gasteiger partial charge in [0.05, 0.1) is 18.0 Å². The molecule has 0 N–H and O–H groups in total. The van der Waals surface area contributed by atoms with Crippen LogP contribution in [0.4, 0.5) is 0 Å². The molecule has 0 aromatic heterocycles. The predicted octanol–water partition coefficient (Wildman–Crippen LogP) is 3.25. The largest absolute Gasteiger partial charge is 0.497 e. The quantitative estimate of drug-likeness (QED) is 0.855. The number of hydrogen-bond acceptors (Lipinski definition) is 3. The summed E-state index contributed by atoms with van der Waals surface area (Å²) in [5.41, 5.74) is 2.61. The van der Waals surface area contributed by atoms with Gasteiger partial charge < -0.3 is 4.74 Å². The van der Waals surface area contributed by atoms with Crippen LogP contribution in [0.2, 0.25) is 0 Å². The Labute approximate surface area is 136 Å². The van der Waals surface area contributed by atoms with Gasteiger partial charge in [-0.3, -0.25) is 4.31 Å². The van der Waals surface area contributed by atoms with Crippen LogP contribution in [-0.2, 0) is 10.0 Å². The van der Waals surface area contributed by atoms with Gasteiger partial charge in [0.15, 0.2) is 0 Å². The predicted molar refractivity (Wildman–Crippen MR) is 88.5 cm³/mol. The second-order valence-electron chi connectivity index (χ2n) is 6.16. The number of nitrogens with zero attached hydrogens (tertiary/aromatic N) is 1. The van der Waals surface area contributed by atoms with Crippen LogP contribution >= 0.6 is 0 Å². The molecule has 1 aliphatic heterocycles. The zero-order chi connectivity index (χ0) is 16.0. The molecule has 5 heteroatoms. The monoisotopic (exact) mass is 329 g/mol. The molecule has 0 radical (unpaired) electrons. The standard InChI is InChI=1S/C18H19NO3S/c1-22-15-8-10-16(11-9-15)23(20,21)19-12-14-6-2-4-13-5-3-7-17(19)18(13)14/h3,5,7-12,17-18H,2,4,6H2,1H3/t17-,18-/m0/s1. The molecule has 0 saturated heterocycles. The lowest BCUT2D eigenvalue weighted by Gasteiger charge is -2.33. The van der Waals surface area contributed by atoms with Gasteiger partial charge in [0.25, 0.3) is 10.0 Å². The lowest BCUT2D eigenvalue weighted by Crippen LogP contribution is -2.37. The number of hydrogen-bond donors (Lipinski definition) is 0. The van der Waals surface area contributed by atoms with Crippen molar-refractivity contribution in [3.63, 3.8) is 0 Å². The topological polar surface area (TPSA) is 46.6 Å². The average Bonchev–Trinajstić information content (AvgIpc) is 2.97. The van der Waals surface area contributed by atoms with E-state index in [0.717, 1.165) is 19.3 Å². The van der Waals surface area contributed by atoms with Crippen LogP contribution in [0.25, 0.3) is 0 Å². The first-order valence-corrected chi connectivity index (χ1v) is 9.31. The molecule has 1 saturated carbocycles. The van der Waals surface area contributed by atoms with Gasteiger partial charge in [-0.25, -0.2) is 8.42 Å². The van der Waals surface area contributed by atoms with E-state index in [-0.39, 0.29) is 12.0 Å². The summed E-state index contributed by atoms with van der Waals surface area (Å²) in [6.45, 7) is 0. The zero-order valence-electron chi connectivity index (χ0n) is 13.0.